The number of ether oxygens (including phenoxy) is 2. The lowest BCUT2D eigenvalue weighted by Crippen LogP contribution is -2.28. The van der Waals surface area contributed by atoms with Gasteiger partial charge in [0.05, 0.1) is 13.2 Å². The van der Waals surface area contributed by atoms with E-state index in [0.717, 1.165) is 55.8 Å². The highest BCUT2D eigenvalue weighted by Crippen LogP contribution is 2.44. The summed E-state index contributed by atoms with van der Waals surface area (Å²) in [5, 5.41) is 0. The van der Waals surface area contributed by atoms with Crippen molar-refractivity contribution in [1.29, 1.82) is 0 Å². The molecule has 4 heteroatoms. The summed E-state index contributed by atoms with van der Waals surface area (Å²) >= 11 is 0. The predicted molar refractivity (Wildman–Crippen MR) is 115 cm³/mol. The fourth-order valence-corrected chi connectivity index (χ4v) is 4.88. The molecule has 1 aliphatic heterocycles. The average Bonchev–Trinajstić information content (AvgIpc) is 3.37. The Morgan fingerprint density at radius 1 is 1.10 bits per heavy atom. The van der Waals surface area contributed by atoms with Crippen molar-refractivity contribution in [3.8, 4) is 11.5 Å². The van der Waals surface area contributed by atoms with E-state index in [-0.39, 0.29) is 12.0 Å². The molecule has 4 nitrogen and oxygen atoms in total. The molecule has 2 fully saturated rings. The van der Waals surface area contributed by atoms with Gasteiger partial charge in [-0.25, -0.2) is 0 Å². The number of carbonyl (C=O) groups excluding carboxylic acids is 1. The molecule has 1 heterocycles. The number of aldehydes is 1. The summed E-state index contributed by atoms with van der Waals surface area (Å²) < 4.78 is 11.8. The van der Waals surface area contributed by atoms with E-state index in [1.54, 1.807) is 7.11 Å². The zero-order valence-electron chi connectivity index (χ0n) is 17.5. The van der Waals surface area contributed by atoms with Crippen molar-refractivity contribution in [2.24, 2.45) is 5.41 Å². The highest BCUT2D eigenvalue weighted by molar-refractivity contribution is 5.63. The molecule has 2 aromatic rings. The molecule has 29 heavy (non-hydrogen) atoms. The second-order valence-electron chi connectivity index (χ2n) is 8.77. The van der Waals surface area contributed by atoms with Gasteiger partial charge < -0.3 is 14.3 Å². The van der Waals surface area contributed by atoms with Crippen LogP contribution in [0.5, 0.6) is 11.5 Å². The Bertz CT molecular complexity index is 831. The van der Waals surface area contributed by atoms with E-state index in [4.69, 9.17) is 9.47 Å². The van der Waals surface area contributed by atoms with Crippen LogP contribution in [0.15, 0.2) is 48.5 Å². The number of methoxy groups -OCH3 is 1. The topological polar surface area (TPSA) is 38.8 Å². The first-order valence-corrected chi connectivity index (χ1v) is 10.7. The molecular weight excluding hydrogens is 362 g/mol. The van der Waals surface area contributed by atoms with Gasteiger partial charge in [-0.2, -0.15) is 0 Å². The minimum atomic E-state index is -0.409. The van der Waals surface area contributed by atoms with E-state index in [1.807, 2.05) is 12.1 Å². The standard InChI is InChI=1S/C25H31NO3/c1-25(18-27)17-26(15-19-8-4-3-5-9-19)16-22(25)20-12-13-23(28-2)24(14-20)29-21-10-6-7-11-21/h3-5,8-9,12-14,18,21-22H,6-7,10-11,15-17H2,1-2H3/t22?,25-/m0/s1. The maximum atomic E-state index is 12.1. The van der Waals surface area contributed by atoms with Crippen LogP contribution in [0, 0.1) is 5.41 Å². The molecule has 0 bridgehead atoms. The third kappa shape index (κ3) is 4.32. The van der Waals surface area contributed by atoms with E-state index in [2.05, 4.69) is 48.2 Å². The maximum Gasteiger partial charge on any atom is 0.161 e. The molecule has 0 amide bonds. The Labute approximate surface area is 173 Å². The average molecular weight is 394 g/mol. The smallest absolute Gasteiger partial charge is 0.161 e. The number of likely N-dealkylation sites (tertiary alicyclic amines) is 1. The Hall–Kier alpha value is -2.33. The second kappa shape index (κ2) is 8.58. The van der Waals surface area contributed by atoms with Crippen molar-refractivity contribution >= 4 is 6.29 Å². The second-order valence-corrected chi connectivity index (χ2v) is 8.77. The Morgan fingerprint density at radius 3 is 2.55 bits per heavy atom. The number of hydrogen-bond acceptors (Lipinski definition) is 4. The monoisotopic (exact) mass is 393 g/mol. The van der Waals surface area contributed by atoms with Crippen LogP contribution in [-0.4, -0.2) is 37.5 Å². The van der Waals surface area contributed by atoms with Gasteiger partial charge in [-0.1, -0.05) is 43.3 Å². The zero-order valence-corrected chi connectivity index (χ0v) is 17.5. The quantitative estimate of drug-likeness (QED) is 0.632. The van der Waals surface area contributed by atoms with Gasteiger partial charge in [-0.05, 0) is 48.9 Å². The molecule has 1 aliphatic carbocycles. The van der Waals surface area contributed by atoms with Gasteiger partial charge in [-0.15, -0.1) is 0 Å². The highest BCUT2D eigenvalue weighted by atomic mass is 16.5. The van der Waals surface area contributed by atoms with Crippen molar-refractivity contribution in [2.75, 3.05) is 20.2 Å². The van der Waals surface area contributed by atoms with Gasteiger partial charge in [0.2, 0.25) is 0 Å². The predicted octanol–water partition coefficient (Wildman–Crippen LogP) is 4.82. The molecule has 154 valence electrons. The van der Waals surface area contributed by atoms with Gasteiger partial charge >= 0.3 is 0 Å². The van der Waals surface area contributed by atoms with Crippen LogP contribution in [-0.2, 0) is 11.3 Å². The summed E-state index contributed by atoms with van der Waals surface area (Å²) in [6.45, 7) is 4.57. The number of rotatable bonds is 7. The van der Waals surface area contributed by atoms with E-state index in [0.29, 0.717) is 0 Å². The maximum absolute atomic E-state index is 12.1. The third-order valence-corrected chi connectivity index (χ3v) is 6.51. The summed E-state index contributed by atoms with van der Waals surface area (Å²) in [6.07, 6.45) is 6.08. The van der Waals surface area contributed by atoms with Gasteiger partial charge in [0.25, 0.3) is 0 Å². The largest absolute Gasteiger partial charge is 0.493 e. The first-order valence-electron chi connectivity index (χ1n) is 10.7. The Morgan fingerprint density at radius 2 is 1.86 bits per heavy atom. The molecule has 4 rings (SSSR count). The van der Waals surface area contributed by atoms with Gasteiger partial charge in [0.1, 0.15) is 6.29 Å². The fraction of sp³-hybridized carbons (Fsp3) is 0.480. The minimum absolute atomic E-state index is 0.139. The molecular formula is C25H31NO3. The molecule has 1 saturated carbocycles. The van der Waals surface area contributed by atoms with Crippen LogP contribution in [0.1, 0.15) is 49.7 Å². The molecule has 0 radical (unpaired) electrons. The van der Waals surface area contributed by atoms with Crippen molar-refractivity contribution in [1.82, 2.24) is 4.90 Å². The van der Waals surface area contributed by atoms with Crippen molar-refractivity contribution in [3.05, 3.63) is 59.7 Å². The normalized spacial score (nSPS) is 25.2. The lowest BCUT2D eigenvalue weighted by Gasteiger charge is -2.25. The summed E-state index contributed by atoms with van der Waals surface area (Å²) in [5.41, 5.74) is 2.03. The van der Waals surface area contributed by atoms with Crippen LogP contribution in [0.4, 0.5) is 0 Å². The van der Waals surface area contributed by atoms with Crippen LogP contribution < -0.4 is 9.47 Å². The Balaban J connectivity index is 1.57. The minimum Gasteiger partial charge on any atom is -0.493 e. The van der Waals surface area contributed by atoms with Crippen LogP contribution in [0.25, 0.3) is 0 Å². The molecule has 2 atom stereocenters. The number of carbonyl (C=O) groups is 1. The molecule has 2 aliphatic rings. The lowest BCUT2D eigenvalue weighted by atomic mass is 9.77. The Kier molecular flexibility index (Phi) is 5.91. The van der Waals surface area contributed by atoms with E-state index >= 15 is 0 Å². The van der Waals surface area contributed by atoms with Crippen molar-refractivity contribution < 1.29 is 14.3 Å². The number of hydrogen-bond donors (Lipinski definition) is 0. The summed E-state index contributed by atoms with van der Waals surface area (Å²) in [7, 11) is 1.68. The molecule has 0 aromatic heterocycles. The zero-order chi connectivity index (χ0) is 20.3. The van der Waals surface area contributed by atoms with E-state index in [1.165, 1.54) is 18.4 Å². The molecule has 1 saturated heterocycles. The molecule has 2 aromatic carbocycles. The SMILES string of the molecule is COc1ccc(C2CN(Cc3ccccc3)C[C@@]2(C)C=O)cc1OC1CCCC1. The molecule has 0 spiro atoms. The third-order valence-electron chi connectivity index (χ3n) is 6.51. The van der Waals surface area contributed by atoms with Gasteiger partial charge in [0, 0.05) is 31.0 Å². The molecule has 0 N–H and O–H groups in total. The van der Waals surface area contributed by atoms with Gasteiger partial charge in [-0.3, -0.25) is 4.90 Å². The molecule has 1 unspecified atom stereocenters. The van der Waals surface area contributed by atoms with Crippen LogP contribution in [0.3, 0.4) is 0 Å². The summed E-state index contributed by atoms with van der Waals surface area (Å²) in [6, 6.07) is 16.7. The highest BCUT2D eigenvalue weighted by Gasteiger charge is 2.44. The van der Waals surface area contributed by atoms with E-state index in [9.17, 15) is 4.79 Å². The van der Waals surface area contributed by atoms with Crippen LogP contribution >= 0.6 is 0 Å². The van der Waals surface area contributed by atoms with Gasteiger partial charge in [0.15, 0.2) is 11.5 Å². The number of benzene rings is 2. The summed E-state index contributed by atoms with van der Waals surface area (Å²) in [5.74, 6) is 1.72. The fourth-order valence-electron chi connectivity index (χ4n) is 4.88. The first-order chi connectivity index (χ1) is 14.1. The lowest BCUT2D eigenvalue weighted by molar-refractivity contribution is -0.115. The summed E-state index contributed by atoms with van der Waals surface area (Å²) in [4.78, 5) is 14.5. The van der Waals surface area contributed by atoms with Crippen molar-refractivity contribution in [2.45, 2.75) is 51.2 Å². The van der Waals surface area contributed by atoms with Crippen LogP contribution in [0.2, 0.25) is 0 Å². The van der Waals surface area contributed by atoms with E-state index < -0.39 is 5.41 Å². The number of nitrogens with zero attached hydrogens (tertiary/aromatic N) is 1. The van der Waals surface area contributed by atoms with Crippen molar-refractivity contribution in [3.63, 3.8) is 0 Å². The first kappa shape index (κ1) is 20.0.